The van der Waals surface area contributed by atoms with E-state index >= 15 is 0 Å². The molecular formula is C13H8Cl3N5. The van der Waals surface area contributed by atoms with Crippen molar-refractivity contribution in [3.05, 3.63) is 51.5 Å². The first-order valence-electron chi connectivity index (χ1n) is 5.85. The third-order valence-electron chi connectivity index (χ3n) is 2.84. The molecule has 0 aliphatic heterocycles. The summed E-state index contributed by atoms with van der Waals surface area (Å²) in [4.78, 5) is 0. The van der Waals surface area contributed by atoms with E-state index in [2.05, 4.69) is 15.5 Å². The van der Waals surface area contributed by atoms with Gasteiger partial charge in [-0.1, -0.05) is 34.8 Å². The summed E-state index contributed by atoms with van der Waals surface area (Å²) in [6, 6.07) is 10.1. The smallest absolute Gasteiger partial charge is 0.188 e. The van der Waals surface area contributed by atoms with Crippen molar-refractivity contribution in [2.24, 2.45) is 0 Å². The SMILES string of the molecule is Nc1ccc(Cl)c(-c2nnnn2-c2cc(Cl)ccc2Cl)c1. The number of nitrogen functional groups attached to an aromatic ring is 1. The molecular weight excluding hydrogens is 333 g/mol. The molecule has 1 heterocycles. The first kappa shape index (κ1) is 14.1. The Labute approximate surface area is 135 Å². The number of benzene rings is 2. The molecule has 0 unspecified atom stereocenters. The van der Waals surface area contributed by atoms with Crippen LogP contribution < -0.4 is 5.73 Å². The summed E-state index contributed by atoms with van der Waals surface area (Å²) in [5, 5.41) is 13.1. The number of halogens is 3. The highest BCUT2D eigenvalue weighted by molar-refractivity contribution is 6.34. The van der Waals surface area contributed by atoms with Crippen LogP contribution in [-0.4, -0.2) is 20.2 Å². The van der Waals surface area contributed by atoms with Crippen molar-refractivity contribution < 1.29 is 0 Å². The van der Waals surface area contributed by atoms with Gasteiger partial charge in [0.25, 0.3) is 0 Å². The summed E-state index contributed by atoms with van der Waals surface area (Å²) in [5.74, 6) is 0.427. The summed E-state index contributed by atoms with van der Waals surface area (Å²) < 4.78 is 1.47. The fraction of sp³-hybridized carbons (Fsp3) is 0. The fourth-order valence-electron chi connectivity index (χ4n) is 1.88. The predicted molar refractivity (Wildman–Crippen MR) is 84.0 cm³/mol. The van der Waals surface area contributed by atoms with E-state index in [9.17, 15) is 0 Å². The molecule has 0 fully saturated rings. The van der Waals surface area contributed by atoms with E-state index in [0.717, 1.165) is 0 Å². The molecule has 5 nitrogen and oxygen atoms in total. The second-order valence-corrected chi connectivity index (χ2v) is 5.50. The van der Waals surface area contributed by atoms with Crippen molar-refractivity contribution in [3.8, 4) is 17.1 Å². The first-order valence-corrected chi connectivity index (χ1v) is 6.99. The van der Waals surface area contributed by atoms with Crippen LogP contribution in [-0.2, 0) is 0 Å². The van der Waals surface area contributed by atoms with Crippen LogP contribution in [0.5, 0.6) is 0 Å². The van der Waals surface area contributed by atoms with Crippen molar-refractivity contribution in [3.63, 3.8) is 0 Å². The number of tetrazole rings is 1. The Balaban J connectivity index is 2.22. The third-order valence-corrected chi connectivity index (χ3v) is 3.72. The molecule has 0 radical (unpaired) electrons. The van der Waals surface area contributed by atoms with Crippen LogP contribution in [0, 0.1) is 0 Å². The summed E-state index contributed by atoms with van der Waals surface area (Å²) in [6.07, 6.45) is 0. The summed E-state index contributed by atoms with van der Waals surface area (Å²) in [5.41, 5.74) is 7.52. The second-order valence-electron chi connectivity index (χ2n) is 4.25. The van der Waals surface area contributed by atoms with E-state index in [1.165, 1.54) is 4.68 Å². The van der Waals surface area contributed by atoms with Crippen LogP contribution in [0.25, 0.3) is 17.1 Å². The molecule has 0 aliphatic rings. The molecule has 0 aliphatic carbocycles. The number of anilines is 1. The Morgan fingerprint density at radius 2 is 1.71 bits per heavy atom. The largest absolute Gasteiger partial charge is 0.399 e. The van der Waals surface area contributed by atoms with E-state index in [4.69, 9.17) is 40.5 Å². The summed E-state index contributed by atoms with van der Waals surface area (Å²) in [6.45, 7) is 0. The lowest BCUT2D eigenvalue weighted by Gasteiger charge is -2.08. The van der Waals surface area contributed by atoms with Crippen LogP contribution in [0.3, 0.4) is 0 Å². The minimum absolute atomic E-state index is 0.427. The zero-order valence-corrected chi connectivity index (χ0v) is 12.7. The van der Waals surface area contributed by atoms with Gasteiger partial charge in [-0.2, -0.15) is 4.68 Å². The van der Waals surface area contributed by atoms with Crippen molar-refractivity contribution in [2.45, 2.75) is 0 Å². The predicted octanol–water partition coefficient (Wildman–Crippen LogP) is 3.87. The second kappa shape index (κ2) is 5.52. The Bertz CT molecular complexity index is 749. The third kappa shape index (κ3) is 2.68. The number of nitrogens with two attached hydrogens (primary N) is 1. The normalized spacial score (nSPS) is 10.8. The van der Waals surface area contributed by atoms with Gasteiger partial charge < -0.3 is 5.73 Å². The van der Waals surface area contributed by atoms with E-state index < -0.39 is 0 Å². The maximum atomic E-state index is 6.19. The van der Waals surface area contributed by atoms with Crippen molar-refractivity contribution in [1.82, 2.24) is 20.2 Å². The van der Waals surface area contributed by atoms with E-state index in [0.29, 0.717) is 37.8 Å². The molecule has 0 saturated heterocycles. The summed E-state index contributed by atoms with van der Waals surface area (Å²) >= 11 is 18.4. The van der Waals surface area contributed by atoms with Gasteiger partial charge in [-0.3, -0.25) is 0 Å². The highest BCUT2D eigenvalue weighted by atomic mass is 35.5. The lowest BCUT2D eigenvalue weighted by atomic mass is 10.2. The van der Waals surface area contributed by atoms with Gasteiger partial charge in [0.2, 0.25) is 0 Å². The topological polar surface area (TPSA) is 69.6 Å². The maximum Gasteiger partial charge on any atom is 0.188 e. The van der Waals surface area contributed by atoms with Gasteiger partial charge >= 0.3 is 0 Å². The van der Waals surface area contributed by atoms with Crippen LogP contribution in [0.15, 0.2) is 36.4 Å². The monoisotopic (exact) mass is 339 g/mol. The standard InChI is InChI=1S/C13H8Cl3N5/c14-7-1-3-11(16)12(5-7)21-13(18-19-20-21)9-6-8(17)2-4-10(9)15/h1-6H,17H2. The number of aromatic nitrogens is 4. The van der Waals surface area contributed by atoms with E-state index in [-0.39, 0.29) is 0 Å². The molecule has 8 heteroatoms. The molecule has 0 saturated carbocycles. The van der Waals surface area contributed by atoms with Gasteiger partial charge in [0.1, 0.15) is 0 Å². The average molecular weight is 341 g/mol. The zero-order chi connectivity index (χ0) is 15.0. The molecule has 0 atom stereocenters. The highest BCUT2D eigenvalue weighted by Gasteiger charge is 2.16. The van der Waals surface area contributed by atoms with Gasteiger partial charge in [0, 0.05) is 16.3 Å². The van der Waals surface area contributed by atoms with Crippen molar-refractivity contribution in [2.75, 3.05) is 5.73 Å². The number of hydrogen-bond acceptors (Lipinski definition) is 4. The summed E-state index contributed by atoms with van der Waals surface area (Å²) in [7, 11) is 0. The van der Waals surface area contributed by atoms with E-state index in [1.807, 2.05) is 0 Å². The lowest BCUT2D eigenvalue weighted by molar-refractivity contribution is 0.791. The molecule has 0 spiro atoms. The lowest BCUT2D eigenvalue weighted by Crippen LogP contribution is -2.01. The Kier molecular flexibility index (Phi) is 3.71. The number of rotatable bonds is 2. The quantitative estimate of drug-likeness (QED) is 0.719. The van der Waals surface area contributed by atoms with Crippen LogP contribution in [0.2, 0.25) is 15.1 Å². The van der Waals surface area contributed by atoms with Crippen LogP contribution in [0.1, 0.15) is 0 Å². The van der Waals surface area contributed by atoms with Gasteiger partial charge in [-0.15, -0.1) is 5.10 Å². The minimum atomic E-state index is 0.427. The van der Waals surface area contributed by atoms with Crippen LogP contribution in [0.4, 0.5) is 5.69 Å². The Morgan fingerprint density at radius 1 is 0.952 bits per heavy atom. The number of hydrogen-bond donors (Lipinski definition) is 1. The average Bonchev–Trinajstić information content (AvgIpc) is 2.93. The van der Waals surface area contributed by atoms with Gasteiger partial charge in [-0.25, -0.2) is 0 Å². The maximum absolute atomic E-state index is 6.19. The first-order chi connectivity index (χ1) is 10.1. The van der Waals surface area contributed by atoms with Crippen LogP contribution >= 0.6 is 34.8 Å². The fourth-order valence-corrected chi connectivity index (χ4v) is 2.45. The molecule has 2 aromatic carbocycles. The Morgan fingerprint density at radius 3 is 2.52 bits per heavy atom. The van der Waals surface area contributed by atoms with Gasteiger partial charge in [-0.05, 0) is 46.8 Å². The zero-order valence-electron chi connectivity index (χ0n) is 10.5. The van der Waals surface area contributed by atoms with Gasteiger partial charge in [0.15, 0.2) is 5.82 Å². The van der Waals surface area contributed by atoms with Crippen molar-refractivity contribution >= 4 is 40.5 Å². The molecule has 1 aromatic heterocycles. The van der Waals surface area contributed by atoms with E-state index in [1.54, 1.807) is 36.4 Å². The minimum Gasteiger partial charge on any atom is -0.399 e. The molecule has 21 heavy (non-hydrogen) atoms. The molecule has 106 valence electrons. The van der Waals surface area contributed by atoms with Crippen molar-refractivity contribution in [1.29, 1.82) is 0 Å². The molecule has 3 aromatic rings. The molecule has 3 rings (SSSR count). The molecule has 0 amide bonds. The Hall–Kier alpha value is -1.82. The van der Waals surface area contributed by atoms with Gasteiger partial charge in [0.05, 0.1) is 15.7 Å². The highest BCUT2D eigenvalue weighted by Crippen LogP contribution is 2.31. The number of nitrogens with zero attached hydrogens (tertiary/aromatic N) is 4. The molecule has 0 bridgehead atoms. The molecule has 2 N–H and O–H groups in total.